The number of ether oxygens (including phenoxy) is 1. The zero-order valence-electron chi connectivity index (χ0n) is 14.3. The van der Waals surface area contributed by atoms with Crippen LogP contribution in [0.2, 0.25) is 0 Å². The largest absolute Gasteiger partial charge is 0.447 e. The van der Waals surface area contributed by atoms with Gasteiger partial charge in [-0.1, -0.05) is 37.8 Å². The highest BCUT2D eigenvalue weighted by Gasteiger charge is 2.36. The van der Waals surface area contributed by atoms with Gasteiger partial charge in [-0.3, -0.25) is 4.79 Å². The first-order valence-corrected chi connectivity index (χ1v) is 10.5. The number of carbonyl (C=O) groups excluding carboxylic acids is 2. The lowest BCUT2D eigenvalue weighted by Crippen LogP contribution is -2.36. The first-order chi connectivity index (χ1) is 11.9. The van der Waals surface area contributed by atoms with Crippen LogP contribution in [0.25, 0.3) is 0 Å². The highest BCUT2D eigenvalue weighted by atomic mass is 32.2. The van der Waals surface area contributed by atoms with Crippen LogP contribution in [0.3, 0.4) is 0 Å². The number of benzene rings is 1. The fourth-order valence-corrected chi connectivity index (χ4v) is 4.32. The Hall–Kier alpha value is -1.89. The van der Waals surface area contributed by atoms with Gasteiger partial charge in [0.05, 0.1) is 17.4 Å². The van der Waals surface area contributed by atoms with Crippen LogP contribution in [-0.4, -0.2) is 44.7 Å². The van der Waals surface area contributed by atoms with Gasteiger partial charge in [-0.2, -0.15) is 0 Å². The summed E-state index contributed by atoms with van der Waals surface area (Å²) in [7, 11) is -3.28. The predicted molar refractivity (Wildman–Crippen MR) is 91.9 cm³/mol. The van der Waals surface area contributed by atoms with Gasteiger partial charge in [0.1, 0.15) is 6.61 Å². The van der Waals surface area contributed by atoms with Gasteiger partial charge in [0.25, 0.3) is 0 Å². The minimum atomic E-state index is -3.28. The normalized spacial score (nSPS) is 19.9. The third-order valence-electron chi connectivity index (χ3n) is 5.08. The Morgan fingerprint density at radius 1 is 1.24 bits per heavy atom. The molecule has 0 aromatic heterocycles. The summed E-state index contributed by atoms with van der Waals surface area (Å²) in [6, 6.07) is 6.44. The maximum absolute atomic E-state index is 12.9. The molecule has 2 fully saturated rings. The number of nitrogens with zero attached hydrogens (tertiary/aromatic N) is 1. The van der Waals surface area contributed by atoms with Crippen LogP contribution >= 0.6 is 0 Å². The van der Waals surface area contributed by atoms with E-state index in [0.717, 1.165) is 24.7 Å². The van der Waals surface area contributed by atoms with Crippen LogP contribution in [0.1, 0.15) is 43.6 Å². The van der Waals surface area contributed by atoms with Crippen molar-refractivity contribution >= 4 is 21.8 Å². The zero-order valence-corrected chi connectivity index (χ0v) is 15.1. The highest BCUT2D eigenvalue weighted by Crippen LogP contribution is 2.35. The van der Waals surface area contributed by atoms with E-state index in [1.54, 1.807) is 12.1 Å². The van der Waals surface area contributed by atoms with Crippen molar-refractivity contribution in [1.29, 1.82) is 0 Å². The van der Waals surface area contributed by atoms with E-state index < -0.39 is 21.8 Å². The van der Waals surface area contributed by atoms with Crippen molar-refractivity contribution in [2.75, 3.05) is 19.4 Å². The van der Waals surface area contributed by atoms with Gasteiger partial charge in [0.2, 0.25) is 5.91 Å². The minimum Gasteiger partial charge on any atom is -0.447 e. The summed E-state index contributed by atoms with van der Waals surface area (Å²) in [5.74, 6) is -0.231. The van der Waals surface area contributed by atoms with Gasteiger partial charge in [0.15, 0.2) is 9.84 Å². The molecule has 0 N–H and O–H groups in total. The summed E-state index contributed by atoms with van der Waals surface area (Å²) in [6.07, 6.45) is 5.78. The summed E-state index contributed by atoms with van der Waals surface area (Å²) in [4.78, 5) is 26.1. The van der Waals surface area contributed by atoms with Crippen molar-refractivity contribution in [3.63, 3.8) is 0 Å². The van der Waals surface area contributed by atoms with Gasteiger partial charge in [-0.05, 0) is 30.0 Å². The van der Waals surface area contributed by atoms with Crippen molar-refractivity contribution < 1.29 is 22.7 Å². The van der Waals surface area contributed by atoms with Gasteiger partial charge in [-0.25, -0.2) is 18.1 Å². The van der Waals surface area contributed by atoms with Gasteiger partial charge in [0, 0.05) is 6.26 Å². The molecule has 1 aliphatic carbocycles. The van der Waals surface area contributed by atoms with E-state index in [1.807, 2.05) is 0 Å². The topological polar surface area (TPSA) is 80.8 Å². The summed E-state index contributed by atoms with van der Waals surface area (Å²) in [6.45, 7) is 0.508. The molecule has 3 rings (SSSR count). The van der Waals surface area contributed by atoms with Crippen LogP contribution in [0, 0.1) is 5.92 Å². The molecule has 1 saturated carbocycles. The quantitative estimate of drug-likeness (QED) is 0.801. The lowest BCUT2D eigenvalue weighted by Gasteiger charge is -2.23. The zero-order chi connectivity index (χ0) is 18.0. The number of hydrogen-bond donors (Lipinski definition) is 0. The Morgan fingerprint density at radius 3 is 2.40 bits per heavy atom. The lowest BCUT2D eigenvalue weighted by atomic mass is 9.87. The first-order valence-electron chi connectivity index (χ1n) is 8.64. The molecule has 1 aromatic carbocycles. The molecule has 0 bridgehead atoms. The molecule has 1 aliphatic heterocycles. The van der Waals surface area contributed by atoms with E-state index >= 15 is 0 Å². The second-order valence-corrected chi connectivity index (χ2v) is 8.90. The van der Waals surface area contributed by atoms with Crippen LogP contribution in [0.15, 0.2) is 29.2 Å². The number of sulfone groups is 1. The fraction of sp³-hybridized carbons (Fsp3) is 0.556. The van der Waals surface area contributed by atoms with Crippen LogP contribution in [0.5, 0.6) is 0 Å². The number of rotatable bonds is 5. The van der Waals surface area contributed by atoms with E-state index in [1.165, 1.54) is 29.9 Å². The maximum Gasteiger partial charge on any atom is 0.416 e. The molecule has 0 spiro atoms. The molecule has 25 heavy (non-hydrogen) atoms. The van der Waals surface area contributed by atoms with E-state index in [2.05, 4.69) is 0 Å². The molecule has 136 valence electrons. The molecule has 1 heterocycles. The van der Waals surface area contributed by atoms with E-state index in [0.29, 0.717) is 12.3 Å². The first kappa shape index (κ1) is 17.9. The summed E-state index contributed by atoms with van der Waals surface area (Å²) < 4.78 is 28.2. The van der Waals surface area contributed by atoms with Gasteiger partial charge in [-0.15, -0.1) is 0 Å². The van der Waals surface area contributed by atoms with Gasteiger partial charge < -0.3 is 4.74 Å². The van der Waals surface area contributed by atoms with E-state index in [9.17, 15) is 18.0 Å². The third kappa shape index (κ3) is 4.03. The average molecular weight is 365 g/mol. The van der Waals surface area contributed by atoms with Crippen LogP contribution in [-0.2, 0) is 19.4 Å². The molecule has 6 nitrogen and oxygen atoms in total. The summed E-state index contributed by atoms with van der Waals surface area (Å²) in [5.41, 5.74) is 0.754. The molecular weight excluding hydrogens is 342 g/mol. The van der Waals surface area contributed by atoms with Crippen molar-refractivity contribution in [2.24, 2.45) is 5.92 Å². The number of hydrogen-bond acceptors (Lipinski definition) is 5. The van der Waals surface area contributed by atoms with Crippen molar-refractivity contribution in [3.05, 3.63) is 29.8 Å². The van der Waals surface area contributed by atoms with Gasteiger partial charge >= 0.3 is 6.09 Å². The number of imide groups is 1. The Morgan fingerprint density at radius 2 is 1.88 bits per heavy atom. The molecule has 1 saturated heterocycles. The molecule has 7 heteroatoms. The summed E-state index contributed by atoms with van der Waals surface area (Å²) >= 11 is 0. The van der Waals surface area contributed by atoms with Crippen molar-refractivity contribution in [2.45, 2.75) is 42.9 Å². The Bertz CT molecular complexity index is 750. The molecule has 0 radical (unpaired) electrons. The molecule has 1 unspecified atom stereocenters. The second kappa shape index (κ2) is 7.15. The predicted octanol–water partition coefficient (Wildman–Crippen LogP) is 2.73. The summed E-state index contributed by atoms with van der Waals surface area (Å²) in [5, 5.41) is 0. The molecule has 2 aliphatic rings. The smallest absolute Gasteiger partial charge is 0.416 e. The maximum atomic E-state index is 12.9. The number of amides is 2. The minimum absolute atomic E-state index is 0.226. The average Bonchev–Trinajstić information content (AvgIpc) is 3.23. The third-order valence-corrected chi connectivity index (χ3v) is 6.21. The van der Waals surface area contributed by atoms with Crippen molar-refractivity contribution in [3.8, 4) is 0 Å². The number of carbonyl (C=O) groups is 2. The molecule has 2 amide bonds. The molecular formula is C18H23NO5S. The standard InChI is InChI=1S/C18H23NO5S/c1-25(22,23)15-8-6-14(7-9-15)16(12-13-4-2-3-5-13)17(20)19-10-11-24-18(19)21/h6-9,13,16H,2-5,10-12H2,1H3. The number of cyclic esters (lactones) is 1. The lowest BCUT2D eigenvalue weighted by molar-refractivity contribution is -0.129. The highest BCUT2D eigenvalue weighted by molar-refractivity contribution is 7.90. The van der Waals surface area contributed by atoms with E-state index in [-0.39, 0.29) is 24.0 Å². The SMILES string of the molecule is CS(=O)(=O)c1ccc(C(CC2CCCC2)C(=O)N2CCOC2=O)cc1. The second-order valence-electron chi connectivity index (χ2n) is 6.88. The van der Waals surface area contributed by atoms with Crippen LogP contribution in [0.4, 0.5) is 4.79 Å². The van der Waals surface area contributed by atoms with Crippen molar-refractivity contribution in [1.82, 2.24) is 4.90 Å². The molecule has 1 atom stereocenters. The monoisotopic (exact) mass is 365 g/mol. The molecule has 1 aromatic rings. The van der Waals surface area contributed by atoms with E-state index in [4.69, 9.17) is 4.74 Å². The van der Waals surface area contributed by atoms with Crippen LogP contribution < -0.4 is 0 Å². The Labute approximate surface area is 148 Å². The Balaban J connectivity index is 1.87. The fourth-order valence-electron chi connectivity index (χ4n) is 3.69. The Kier molecular flexibility index (Phi) is 5.13.